The zero-order valence-electron chi connectivity index (χ0n) is 12.8. The van der Waals surface area contributed by atoms with Gasteiger partial charge in [0.2, 0.25) is 5.95 Å². The first-order valence-electron chi connectivity index (χ1n) is 7.62. The molecule has 126 valence electrons. The van der Waals surface area contributed by atoms with E-state index in [-0.39, 0.29) is 0 Å². The maximum Gasteiger partial charge on any atom is 0.227 e. The minimum Gasteiger partial charge on any atom is -0.490 e. The minimum atomic E-state index is -0.539. The third-order valence-corrected chi connectivity index (χ3v) is 4.60. The van der Waals surface area contributed by atoms with Crippen LogP contribution in [0.5, 0.6) is 5.75 Å². The Morgan fingerprint density at radius 3 is 2.96 bits per heavy atom. The molecule has 2 aromatic heterocycles. The van der Waals surface area contributed by atoms with Crippen molar-refractivity contribution in [3.05, 3.63) is 51.2 Å². The third kappa shape index (κ3) is 4.53. The van der Waals surface area contributed by atoms with Gasteiger partial charge in [-0.25, -0.2) is 9.97 Å². The normalized spacial score (nSPS) is 17.5. The SMILES string of the molecule is Fc1ncc(/C=C/c2cc(OC[C@@H]3CCCN3)cnc2Cl)cc1Br. The molecule has 3 rings (SSSR count). The van der Waals surface area contributed by atoms with Crippen LogP contribution in [0, 0.1) is 5.95 Å². The number of rotatable bonds is 5. The molecule has 1 aliphatic heterocycles. The molecule has 24 heavy (non-hydrogen) atoms. The molecule has 0 aliphatic carbocycles. The second-order valence-corrected chi connectivity index (χ2v) is 6.74. The largest absolute Gasteiger partial charge is 0.490 e. The molecule has 4 nitrogen and oxygen atoms in total. The zero-order valence-corrected chi connectivity index (χ0v) is 15.1. The van der Waals surface area contributed by atoms with E-state index in [1.165, 1.54) is 12.6 Å². The summed E-state index contributed by atoms with van der Waals surface area (Å²) in [6.07, 6.45) is 8.97. The molecule has 1 N–H and O–H groups in total. The number of hydrogen-bond donors (Lipinski definition) is 1. The Kier molecular flexibility index (Phi) is 5.81. The van der Waals surface area contributed by atoms with Crippen LogP contribution in [-0.2, 0) is 0 Å². The maximum atomic E-state index is 13.2. The summed E-state index contributed by atoms with van der Waals surface area (Å²) in [5.74, 6) is 0.133. The Hall–Kier alpha value is -1.50. The van der Waals surface area contributed by atoms with E-state index in [4.69, 9.17) is 16.3 Å². The van der Waals surface area contributed by atoms with Gasteiger partial charge in [-0.15, -0.1) is 0 Å². The fourth-order valence-corrected chi connectivity index (χ4v) is 2.98. The number of ether oxygens (including phenoxy) is 1. The van der Waals surface area contributed by atoms with E-state index in [9.17, 15) is 4.39 Å². The van der Waals surface area contributed by atoms with Gasteiger partial charge in [-0.2, -0.15) is 4.39 Å². The summed E-state index contributed by atoms with van der Waals surface area (Å²) in [5, 5.41) is 3.76. The lowest BCUT2D eigenvalue weighted by Crippen LogP contribution is -2.28. The summed E-state index contributed by atoms with van der Waals surface area (Å²) in [5.41, 5.74) is 1.48. The van der Waals surface area contributed by atoms with E-state index in [0.717, 1.165) is 24.1 Å². The molecular formula is C17H16BrClFN3O. The van der Waals surface area contributed by atoms with E-state index < -0.39 is 5.95 Å². The number of halogens is 3. The van der Waals surface area contributed by atoms with Crippen molar-refractivity contribution in [2.45, 2.75) is 18.9 Å². The van der Waals surface area contributed by atoms with Gasteiger partial charge < -0.3 is 10.1 Å². The first-order valence-corrected chi connectivity index (χ1v) is 8.80. The van der Waals surface area contributed by atoms with E-state index in [0.29, 0.717) is 28.0 Å². The van der Waals surface area contributed by atoms with Crippen molar-refractivity contribution in [2.24, 2.45) is 0 Å². The zero-order chi connectivity index (χ0) is 16.9. The van der Waals surface area contributed by atoms with Crippen LogP contribution in [-0.4, -0.2) is 29.2 Å². The average Bonchev–Trinajstić information content (AvgIpc) is 3.09. The first kappa shape index (κ1) is 17.3. The van der Waals surface area contributed by atoms with Crippen LogP contribution in [0.2, 0.25) is 5.15 Å². The predicted molar refractivity (Wildman–Crippen MR) is 96.6 cm³/mol. The van der Waals surface area contributed by atoms with Gasteiger partial charge in [0.25, 0.3) is 0 Å². The summed E-state index contributed by atoms with van der Waals surface area (Å²) in [6.45, 7) is 1.66. The molecule has 0 aromatic carbocycles. The molecule has 0 amide bonds. The number of nitrogens with one attached hydrogen (secondary N) is 1. The highest BCUT2D eigenvalue weighted by Gasteiger charge is 2.14. The smallest absolute Gasteiger partial charge is 0.227 e. The molecule has 1 atom stereocenters. The molecule has 2 aromatic rings. The Balaban J connectivity index is 1.70. The van der Waals surface area contributed by atoms with Crippen molar-refractivity contribution < 1.29 is 9.13 Å². The van der Waals surface area contributed by atoms with Crippen LogP contribution >= 0.6 is 27.5 Å². The first-order chi connectivity index (χ1) is 11.6. The lowest BCUT2D eigenvalue weighted by molar-refractivity contribution is 0.276. The second kappa shape index (κ2) is 8.05. The molecule has 1 saturated heterocycles. The van der Waals surface area contributed by atoms with Crippen LogP contribution < -0.4 is 10.1 Å². The van der Waals surface area contributed by atoms with Crippen LogP contribution in [0.25, 0.3) is 12.2 Å². The van der Waals surface area contributed by atoms with Gasteiger partial charge in [0.05, 0.1) is 10.7 Å². The van der Waals surface area contributed by atoms with Crippen LogP contribution in [0.1, 0.15) is 24.0 Å². The Morgan fingerprint density at radius 1 is 1.33 bits per heavy atom. The molecule has 0 unspecified atom stereocenters. The predicted octanol–water partition coefficient (Wildman–Crippen LogP) is 4.33. The van der Waals surface area contributed by atoms with Gasteiger partial charge >= 0.3 is 0 Å². The lowest BCUT2D eigenvalue weighted by Gasteiger charge is -2.12. The highest BCUT2D eigenvalue weighted by atomic mass is 79.9. The summed E-state index contributed by atoms with van der Waals surface area (Å²) < 4.78 is 19.3. The Labute approximate surface area is 153 Å². The second-order valence-electron chi connectivity index (χ2n) is 5.53. The monoisotopic (exact) mass is 411 g/mol. The fourth-order valence-electron chi connectivity index (χ4n) is 2.45. The number of hydrogen-bond acceptors (Lipinski definition) is 4. The molecule has 0 spiro atoms. The standard InChI is InChI=1S/C17H16BrClFN3O/c18-15-6-11(8-23-17(15)20)3-4-12-7-14(9-22-16(12)19)24-10-13-2-1-5-21-13/h3-4,6-9,13,21H,1-2,5,10H2/b4-3+/t13-/m0/s1. The van der Waals surface area contributed by atoms with Crippen molar-refractivity contribution in [1.82, 2.24) is 15.3 Å². The minimum absolute atomic E-state index is 0.315. The fraction of sp³-hybridized carbons (Fsp3) is 0.294. The molecule has 3 heterocycles. The van der Waals surface area contributed by atoms with Crippen molar-refractivity contribution in [1.29, 1.82) is 0 Å². The number of aromatic nitrogens is 2. The van der Waals surface area contributed by atoms with E-state index in [1.807, 2.05) is 6.07 Å². The summed E-state index contributed by atoms with van der Waals surface area (Å²) in [7, 11) is 0. The maximum absolute atomic E-state index is 13.2. The van der Waals surface area contributed by atoms with E-state index >= 15 is 0 Å². The molecule has 0 radical (unpaired) electrons. The quantitative estimate of drug-likeness (QED) is 0.743. The Bertz CT molecular complexity index is 751. The van der Waals surface area contributed by atoms with Crippen LogP contribution in [0.4, 0.5) is 4.39 Å². The molecular weight excluding hydrogens is 397 g/mol. The van der Waals surface area contributed by atoms with Gasteiger partial charge in [-0.3, -0.25) is 0 Å². The molecule has 1 fully saturated rings. The van der Waals surface area contributed by atoms with Gasteiger partial charge in [0.15, 0.2) is 0 Å². The Morgan fingerprint density at radius 2 is 2.21 bits per heavy atom. The van der Waals surface area contributed by atoms with E-state index in [1.54, 1.807) is 24.4 Å². The van der Waals surface area contributed by atoms with Crippen molar-refractivity contribution >= 4 is 39.7 Å². The van der Waals surface area contributed by atoms with Crippen LogP contribution in [0.15, 0.2) is 29.0 Å². The molecule has 0 saturated carbocycles. The molecule has 0 bridgehead atoms. The highest BCUT2D eigenvalue weighted by Crippen LogP contribution is 2.23. The van der Waals surface area contributed by atoms with Crippen molar-refractivity contribution in [2.75, 3.05) is 13.2 Å². The van der Waals surface area contributed by atoms with Crippen molar-refractivity contribution in [3.63, 3.8) is 0 Å². The van der Waals surface area contributed by atoms with E-state index in [2.05, 4.69) is 31.2 Å². The van der Waals surface area contributed by atoms with Gasteiger partial charge in [-0.1, -0.05) is 23.8 Å². The van der Waals surface area contributed by atoms with Gasteiger partial charge in [0, 0.05) is 17.8 Å². The molecule has 7 heteroatoms. The summed E-state index contributed by atoms with van der Waals surface area (Å²) in [4.78, 5) is 7.81. The number of pyridine rings is 2. The van der Waals surface area contributed by atoms with Crippen LogP contribution in [0.3, 0.4) is 0 Å². The summed E-state index contributed by atoms with van der Waals surface area (Å²) in [6, 6.07) is 3.88. The number of nitrogens with zero attached hydrogens (tertiary/aromatic N) is 2. The highest BCUT2D eigenvalue weighted by molar-refractivity contribution is 9.10. The van der Waals surface area contributed by atoms with Crippen molar-refractivity contribution in [3.8, 4) is 5.75 Å². The van der Waals surface area contributed by atoms with Gasteiger partial charge in [-0.05, 0) is 53.0 Å². The topological polar surface area (TPSA) is 47.0 Å². The summed E-state index contributed by atoms with van der Waals surface area (Å²) >= 11 is 9.25. The average molecular weight is 413 g/mol. The third-order valence-electron chi connectivity index (χ3n) is 3.73. The van der Waals surface area contributed by atoms with Gasteiger partial charge in [0.1, 0.15) is 17.5 Å². The lowest BCUT2D eigenvalue weighted by atomic mass is 10.2. The molecule has 1 aliphatic rings.